The lowest BCUT2D eigenvalue weighted by atomic mass is 10.0. The SMILES string of the molecule is Cc1ccc(C)c(CNC(=O)c2cc(-c3cccnc3)nc3ccccc23)c1. The van der Waals surface area contributed by atoms with Crippen molar-refractivity contribution in [3.05, 3.63) is 95.3 Å². The van der Waals surface area contributed by atoms with Crippen LogP contribution < -0.4 is 5.32 Å². The summed E-state index contributed by atoms with van der Waals surface area (Å²) in [4.78, 5) is 21.9. The van der Waals surface area contributed by atoms with E-state index >= 15 is 0 Å². The number of aromatic nitrogens is 2. The molecule has 0 unspecified atom stereocenters. The molecule has 1 N–H and O–H groups in total. The number of benzene rings is 2. The molecule has 0 aliphatic carbocycles. The van der Waals surface area contributed by atoms with E-state index in [0.29, 0.717) is 12.1 Å². The number of hydrogen-bond acceptors (Lipinski definition) is 3. The lowest BCUT2D eigenvalue weighted by Gasteiger charge is -2.12. The molecule has 4 nitrogen and oxygen atoms in total. The third kappa shape index (κ3) is 3.62. The number of pyridine rings is 2. The summed E-state index contributed by atoms with van der Waals surface area (Å²) in [5.41, 5.74) is 6.51. The van der Waals surface area contributed by atoms with E-state index in [-0.39, 0.29) is 5.91 Å². The maximum absolute atomic E-state index is 13.1. The molecule has 4 rings (SSSR count). The van der Waals surface area contributed by atoms with E-state index in [2.05, 4.69) is 42.3 Å². The van der Waals surface area contributed by atoms with Gasteiger partial charge in [-0.2, -0.15) is 0 Å². The van der Waals surface area contributed by atoms with Gasteiger partial charge in [0.25, 0.3) is 5.91 Å². The lowest BCUT2D eigenvalue weighted by molar-refractivity contribution is 0.0952. The van der Waals surface area contributed by atoms with Crippen molar-refractivity contribution in [2.45, 2.75) is 20.4 Å². The number of aryl methyl sites for hydroxylation is 2. The first kappa shape index (κ1) is 17.9. The summed E-state index contributed by atoms with van der Waals surface area (Å²) in [5, 5.41) is 3.91. The topological polar surface area (TPSA) is 54.9 Å². The normalized spacial score (nSPS) is 10.8. The molecule has 2 aromatic carbocycles. The molecule has 0 fully saturated rings. The van der Waals surface area contributed by atoms with Gasteiger partial charge in [0.05, 0.1) is 16.8 Å². The van der Waals surface area contributed by atoms with Gasteiger partial charge in [-0.3, -0.25) is 9.78 Å². The van der Waals surface area contributed by atoms with Crippen LogP contribution in [0.15, 0.2) is 73.1 Å². The molecule has 0 spiro atoms. The molecule has 0 radical (unpaired) electrons. The molecule has 4 heteroatoms. The molecule has 1 amide bonds. The maximum Gasteiger partial charge on any atom is 0.252 e. The number of amides is 1. The van der Waals surface area contributed by atoms with Crippen molar-refractivity contribution in [1.82, 2.24) is 15.3 Å². The summed E-state index contributed by atoms with van der Waals surface area (Å²) in [6.07, 6.45) is 3.48. The van der Waals surface area contributed by atoms with E-state index in [4.69, 9.17) is 4.98 Å². The zero-order valence-corrected chi connectivity index (χ0v) is 15.9. The van der Waals surface area contributed by atoms with E-state index in [0.717, 1.165) is 27.7 Å². The summed E-state index contributed by atoms with van der Waals surface area (Å²) in [7, 11) is 0. The van der Waals surface area contributed by atoms with Gasteiger partial charge in [0.15, 0.2) is 0 Å². The minimum absolute atomic E-state index is 0.107. The highest BCUT2D eigenvalue weighted by Gasteiger charge is 2.14. The van der Waals surface area contributed by atoms with Crippen molar-refractivity contribution in [3.8, 4) is 11.3 Å². The fourth-order valence-electron chi connectivity index (χ4n) is 3.29. The highest BCUT2D eigenvalue weighted by molar-refractivity contribution is 6.07. The lowest BCUT2D eigenvalue weighted by Crippen LogP contribution is -2.23. The van der Waals surface area contributed by atoms with Crippen LogP contribution in [0.1, 0.15) is 27.0 Å². The van der Waals surface area contributed by atoms with Crippen molar-refractivity contribution in [2.75, 3.05) is 0 Å². The molecule has 4 aromatic rings. The molecule has 0 aliphatic heterocycles. The van der Waals surface area contributed by atoms with Crippen LogP contribution in [0, 0.1) is 13.8 Å². The number of nitrogens with one attached hydrogen (secondary N) is 1. The Balaban J connectivity index is 1.70. The minimum atomic E-state index is -0.107. The standard InChI is InChI=1S/C24H21N3O/c1-16-9-10-17(2)19(12-16)15-26-24(28)21-13-23(18-6-5-11-25-14-18)27-22-8-4-3-7-20(21)22/h3-14H,15H2,1-2H3,(H,26,28). The Hall–Kier alpha value is -3.53. The van der Waals surface area contributed by atoms with Gasteiger partial charge >= 0.3 is 0 Å². The molecule has 2 aromatic heterocycles. The Morgan fingerprint density at radius 2 is 1.86 bits per heavy atom. The van der Waals surface area contributed by atoms with Crippen molar-refractivity contribution >= 4 is 16.8 Å². The molecule has 0 bridgehead atoms. The molecule has 0 atom stereocenters. The molecular weight excluding hydrogens is 346 g/mol. The number of nitrogens with zero attached hydrogens (tertiary/aromatic N) is 2. The van der Waals surface area contributed by atoms with E-state index in [1.165, 1.54) is 11.1 Å². The molecule has 28 heavy (non-hydrogen) atoms. The highest BCUT2D eigenvalue weighted by Crippen LogP contribution is 2.24. The van der Waals surface area contributed by atoms with E-state index in [1.807, 2.05) is 42.5 Å². The van der Waals surface area contributed by atoms with Gasteiger partial charge < -0.3 is 5.32 Å². The van der Waals surface area contributed by atoms with E-state index in [9.17, 15) is 4.79 Å². The van der Waals surface area contributed by atoms with Crippen LogP contribution in [0.4, 0.5) is 0 Å². The van der Waals surface area contributed by atoms with Gasteiger partial charge in [0.2, 0.25) is 0 Å². The Kier molecular flexibility index (Phi) is 4.85. The van der Waals surface area contributed by atoms with Crippen LogP contribution in [0.25, 0.3) is 22.2 Å². The third-order valence-corrected chi connectivity index (χ3v) is 4.86. The monoisotopic (exact) mass is 367 g/mol. The first-order valence-electron chi connectivity index (χ1n) is 9.26. The van der Waals surface area contributed by atoms with Gasteiger partial charge in [-0.05, 0) is 49.2 Å². The number of carbonyl (C=O) groups is 1. The molecule has 0 saturated carbocycles. The van der Waals surface area contributed by atoms with Gasteiger partial charge in [-0.15, -0.1) is 0 Å². The van der Waals surface area contributed by atoms with Gasteiger partial charge in [-0.1, -0.05) is 42.0 Å². The van der Waals surface area contributed by atoms with Crippen LogP contribution in [0.2, 0.25) is 0 Å². The second-order valence-electron chi connectivity index (χ2n) is 6.93. The average molecular weight is 367 g/mol. The third-order valence-electron chi connectivity index (χ3n) is 4.86. The number of rotatable bonds is 4. The Labute approximate surface area is 164 Å². The number of para-hydroxylation sites is 1. The van der Waals surface area contributed by atoms with Crippen LogP contribution in [0.5, 0.6) is 0 Å². The minimum Gasteiger partial charge on any atom is -0.348 e. The molecule has 0 saturated heterocycles. The van der Waals surface area contributed by atoms with E-state index < -0.39 is 0 Å². The van der Waals surface area contributed by atoms with Crippen LogP contribution in [-0.4, -0.2) is 15.9 Å². The molecule has 2 heterocycles. The molecule has 138 valence electrons. The quantitative estimate of drug-likeness (QED) is 0.561. The van der Waals surface area contributed by atoms with Crippen molar-refractivity contribution in [1.29, 1.82) is 0 Å². The van der Waals surface area contributed by atoms with Gasteiger partial charge in [-0.25, -0.2) is 4.98 Å². The summed E-state index contributed by atoms with van der Waals surface area (Å²) >= 11 is 0. The molecule has 0 aliphatic rings. The van der Waals surface area contributed by atoms with Crippen molar-refractivity contribution < 1.29 is 4.79 Å². The summed E-state index contributed by atoms with van der Waals surface area (Å²) < 4.78 is 0. The Bertz CT molecular complexity index is 1150. The van der Waals surface area contributed by atoms with Crippen molar-refractivity contribution in [2.24, 2.45) is 0 Å². The Morgan fingerprint density at radius 3 is 2.68 bits per heavy atom. The summed E-state index contributed by atoms with van der Waals surface area (Å²) in [5.74, 6) is -0.107. The van der Waals surface area contributed by atoms with Crippen LogP contribution in [-0.2, 0) is 6.54 Å². The van der Waals surface area contributed by atoms with Crippen LogP contribution >= 0.6 is 0 Å². The fourth-order valence-corrected chi connectivity index (χ4v) is 3.29. The second kappa shape index (κ2) is 7.61. The Morgan fingerprint density at radius 1 is 1.00 bits per heavy atom. The van der Waals surface area contributed by atoms with Gasteiger partial charge in [0, 0.05) is 29.9 Å². The van der Waals surface area contributed by atoms with Crippen molar-refractivity contribution in [3.63, 3.8) is 0 Å². The summed E-state index contributed by atoms with van der Waals surface area (Å²) in [6, 6.07) is 19.7. The van der Waals surface area contributed by atoms with Gasteiger partial charge in [0.1, 0.15) is 0 Å². The maximum atomic E-state index is 13.1. The van der Waals surface area contributed by atoms with Crippen LogP contribution in [0.3, 0.4) is 0 Å². The number of hydrogen-bond donors (Lipinski definition) is 1. The predicted octanol–water partition coefficient (Wildman–Crippen LogP) is 4.84. The zero-order chi connectivity index (χ0) is 19.5. The average Bonchev–Trinajstić information content (AvgIpc) is 2.74. The smallest absolute Gasteiger partial charge is 0.252 e. The van der Waals surface area contributed by atoms with E-state index in [1.54, 1.807) is 12.4 Å². The fraction of sp³-hybridized carbons (Fsp3) is 0.125. The number of fused-ring (bicyclic) bond motifs is 1. The first-order chi connectivity index (χ1) is 13.6. The highest BCUT2D eigenvalue weighted by atomic mass is 16.1. The predicted molar refractivity (Wildman–Crippen MR) is 112 cm³/mol. The first-order valence-corrected chi connectivity index (χ1v) is 9.26. The number of carbonyl (C=O) groups excluding carboxylic acids is 1. The second-order valence-corrected chi connectivity index (χ2v) is 6.93. The summed E-state index contributed by atoms with van der Waals surface area (Å²) in [6.45, 7) is 4.61. The largest absolute Gasteiger partial charge is 0.348 e. The molecular formula is C24H21N3O. The zero-order valence-electron chi connectivity index (χ0n) is 15.9.